The van der Waals surface area contributed by atoms with Gasteiger partial charge in [0.15, 0.2) is 5.96 Å². The number of aliphatic imine (C=N–C) groups is 1. The molecular formula is C23H33ClN6O. The summed E-state index contributed by atoms with van der Waals surface area (Å²) in [5.74, 6) is 1.86. The molecular weight excluding hydrogens is 412 g/mol. The summed E-state index contributed by atoms with van der Waals surface area (Å²) < 4.78 is 5.39. The first-order chi connectivity index (χ1) is 15.2. The molecule has 0 unspecified atom stereocenters. The number of benzene rings is 1. The second kappa shape index (κ2) is 11.0. The molecule has 7 nitrogen and oxygen atoms in total. The maximum absolute atomic E-state index is 5.95. The van der Waals surface area contributed by atoms with Crippen molar-refractivity contribution in [2.75, 3.05) is 19.6 Å². The van der Waals surface area contributed by atoms with E-state index >= 15 is 0 Å². The third kappa shape index (κ3) is 6.20. The predicted molar refractivity (Wildman–Crippen MR) is 124 cm³/mol. The van der Waals surface area contributed by atoms with Crippen molar-refractivity contribution >= 4 is 17.6 Å². The minimum absolute atomic E-state index is 0.344. The first-order valence-electron chi connectivity index (χ1n) is 11.6. The Morgan fingerprint density at radius 2 is 1.87 bits per heavy atom. The number of piperidine rings is 1. The standard InChI is InChI=1S/C23H33ClN6O/c1-2-25-23(27-19-12-14-30(15-13-19)20-6-4-3-5-7-20)26-16-21-28-22(29-31-21)17-8-10-18(24)11-9-17/h8-11,19-20H,2-7,12-16H2,1H3,(H2,25,26,27). The van der Waals surface area contributed by atoms with E-state index in [-0.39, 0.29) is 0 Å². The Kier molecular flexibility index (Phi) is 7.81. The van der Waals surface area contributed by atoms with E-state index in [9.17, 15) is 0 Å². The fourth-order valence-electron chi connectivity index (χ4n) is 4.55. The van der Waals surface area contributed by atoms with Crippen LogP contribution in [-0.2, 0) is 6.54 Å². The molecule has 1 aromatic carbocycles. The molecule has 2 fully saturated rings. The lowest BCUT2D eigenvalue weighted by Crippen LogP contribution is -2.50. The van der Waals surface area contributed by atoms with E-state index in [1.54, 1.807) is 0 Å². The summed E-state index contributed by atoms with van der Waals surface area (Å²) in [5, 5.41) is 11.7. The highest BCUT2D eigenvalue weighted by molar-refractivity contribution is 6.30. The summed E-state index contributed by atoms with van der Waals surface area (Å²) >= 11 is 5.95. The lowest BCUT2D eigenvalue weighted by atomic mass is 9.92. The van der Waals surface area contributed by atoms with Gasteiger partial charge >= 0.3 is 0 Å². The highest BCUT2D eigenvalue weighted by atomic mass is 35.5. The Hall–Kier alpha value is -2.12. The van der Waals surface area contributed by atoms with Gasteiger partial charge in [0.25, 0.3) is 0 Å². The van der Waals surface area contributed by atoms with Gasteiger partial charge in [-0.15, -0.1) is 0 Å². The topological polar surface area (TPSA) is 78.6 Å². The fraction of sp³-hybridized carbons (Fsp3) is 0.609. The number of hydrogen-bond donors (Lipinski definition) is 2. The zero-order valence-corrected chi connectivity index (χ0v) is 19.1. The smallest absolute Gasteiger partial charge is 0.248 e. The molecule has 0 spiro atoms. The van der Waals surface area contributed by atoms with Gasteiger partial charge in [0.05, 0.1) is 0 Å². The quantitative estimate of drug-likeness (QED) is 0.512. The van der Waals surface area contributed by atoms with Crippen LogP contribution in [0.3, 0.4) is 0 Å². The van der Waals surface area contributed by atoms with Crippen LogP contribution < -0.4 is 10.6 Å². The lowest BCUT2D eigenvalue weighted by molar-refractivity contribution is 0.119. The van der Waals surface area contributed by atoms with Gasteiger partial charge in [-0.05, 0) is 56.9 Å². The molecule has 2 N–H and O–H groups in total. The maximum atomic E-state index is 5.95. The van der Waals surface area contributed by atoms with Crippen molar-refractivity contribution in [2.24, 2.45) is 4.99 Å². The van der Waals surface area contributed by atoms with Gasteiger partial charge < -0.3 is 20.1 Å². The molecule has 31 heavy (non-hydrogen) atoms. The lowest BCUT2D eigenvalue weighted by Gasteiger charge is -2.39. The molecule has 0 bridgehead atoms. The van der Waals surface area contributed by atoms with Crippen molar-refractivity contribution in [3.8, 4) is 11.4 Å². The molecule has 168 valence electrons. The number of guanidine groups is 1. The van der Waals surface area contributed by atoms with Crippen LogP contribution in [0.4, 0.5) is 0 Å². The van der Waals surface area contributed by atoms with Crippen LogP contribution in [0.2, 0.25) is 5.02 Å². The number of rotatable bonds is 6. The van der Waals surface area contributed by atoms with Crippen LogP contribution in [0.25, 0.3) is 11.4 Å². The second-order valence-corrected chi connectivity index (χ2v) is 8.90. The Balaban J connectivity index is 1.30. The number of nitrogens with zero attached hydrogens (tertiary/aromatic N) is 4. The van der Waals surface area contributed by atoms with Gasteiger partial charge in [-0.1, -0.05) is 36.0 Å². The van der Waals surface area contributed by atoms with E-state index in [1.807, 2.05) is 24.3 Å². The van der Waals surface area contributed by atoms with Crippen LogP contribution in [-0.4, -0.2) is 52.7 Å². The van der Waals surface area contributed by atoms with E-state index in [2.05, 4.69) is 37.6 Å². The van der Waals surface area contributed by atoms with Crippen LogP contribution in [0.1, 0.15) is 57.8 Å². The average Bonchev–Trinajstić information content (AvgIpc) is 3.28. The molecule has 0 amide bonds. The van der Waals surface area contributed by atoms with E-state index < -0.39 is 0 Å². The number of likely N-dealkylation sites (tertiary alicyclic amines) is 1. The summed E-state index contributed by atoms with van der Waals surface area (Å²) in [4.78, 5) is 11.8. The molecule has 0 atom stereocenters. The number of halogens is 1. The molecule has 1 saturated heterocycles. The second-order valence-electron chi connectivity index (χ2n) is 8.46. The van der Waals surface area contributed by atoms with Gasteiger partial charge in [0.1, 0.15) is 6.54 Å². The summed E-state index contributed by atoms with van der Waals surface area (Å²) in [5.41, 5.74) is 0.873. The molecule has 1 aliphatic carbocycles. The van der Waals surface area contributed by atoms with Crippen molar-refractivity contribution in [1.29, 1.82) is 0 Å². The summed E-state index contributed by atoms with van der Waals surface area (Å²) in [6, 6.07) is 8.65. The maximum Gasteiger partial charge on any atom is 0.248 e. The monoisotopic (exact) mass is 444 g/mol. The zero-order valence-electron chi connectivity index (χ0n) is 18.3. The molecule has 1 aromatic heterocycles. The third-order valence-corrected chi connectivity index (χ3v) is 6.50. The molecule has 1 saturated carbocycles. The largest absolute Gasteiger partial charge is 0.357 e. The van der Waals surface area contributed by atoms with Gasteiger partial charge in [0.2, 0.25) is 11.7 Å². The normalized spacial score (nSPS) is 19.5. The highest BCUT2D eigenvalue weighted by Gasteiger charge is 2.26. The van der Waals surface area contributed by atoms with Gasteiger partial charge in [-0.2, -0.15) is 4.98 Å². The molecule has 4 rings (SSSR count). The number of aromatic nitrogens is 2. The Labute approximate surface area is 189 Å². The highest BCUT2D eigenvalue weighted by Crippen LogP contribution is 2.25. The SMILES string of the molecule is CCNC(=NCc1nc(-c2ccc(Cl)cc2)no1)NC1CCN(C2CCCCC2)CC1. The fourth-order valence-corrected chi connectivity index (χ4v) is 4.68. The van der Waals surface area contributed by atoms with Crippen molar-refractivity contribution in [2.45, 2.75) is 70.5 Å². The average molecular weight is 445 g/mol. The Morgan fingerprint density at radius 3 is 2.58 bits per heavy atom. The summed E-state index contributed by atoms with van der Waals surface area (Å²) in [7, 11) is 0. The van der Waals surface area contributed by atoms with E-state index in [4.69, 9.17) is 16.1 Å². The van der Waals surface area contributed by atoms with Crippen molar-refractivity contribution in [3.05, 3.63) is 35.2 Å². The van der Waals surface area contributed by atoms with Crippen LogP contribution in [0.15, 0.2) is 33.8 Å². The van der Waals surface area contributed by atoms with Gasteiger partial charge in [-0.25, -0.2) is 4.99 Å². The Bertz CT molecular complexity index is 838. The van der Waals surface area contributed by atoms with Crippen LogP contribution >= 0.6 is 11.6 Å². The molecule has 1 aliphatic heterocycles. The zero-order chi connectivity index (χ0) is 21.5. The Morgan fingerprint density at radius 1 is 1.13 bits per heavy atom. The molecule has 2 aliphatic rings. The molecule has 0 radical (unpaired) electrons. The van der Waals surface area contributed by atoms with Crippen molar-refractivity contribution in [1.82, 2.24) is 25.7 Å². The van der Waals surface area contributed by atoms with Crippen molar-refractivity contribution < 1.29 is 4.52 Å². The van der Waals surface area contributed by atoms with Crippen LogP contribution in [0, 0.1) is 0 Å². The van der Waals surface area contributed by atoms with Crippen molar-refractivity contribution in [3.63, 3.8) is 0 Å². The van der Waals surface area contributed by atoms with E-state index in [0.717, 1.165) is 37.0 Å². The van der Waals surface area contributed by atoms with Gasteiger partial charge in [0, 0.05) is 42.3 Å². The minimum atomic E-state index is 0.344. The molecule has 8 heteroatoms. The molecule has 2 aromatic rings. The minimum Gasteiger partial charge on any atom is -0.357 e. The molecule has 2 heterocycles. The summed E-state index contributed by atoms with van der Waals surface area (Å²) in [6.07, 6.45) is 9.28. The third-order valence-electron chi connectivity index (χ3n) is 6.25. The van der Waals surface area contributed by atoms with Gasteiger partial charge in [-0.3, -0.25) is 0 Å². The first-order valence-corrected chi connectivity index (χ1v) is 12.0. The van der Waals surface area contributed by atoms with E-state index in [1.165, 1.54) is 45.2 Å². The first kappa shape index (κ1) is 22.1. The number of hydrogen-bond acceptors (Lipinski definition) is 5. The predicted octanol–water partition coefficient (Wildman–Crippen LogP) is 4.24. The van der Waals surface area contributed by atoms with Crippen LogP contribution in [0.5, 0.6) is 0 Å². The van der Waals surface area contributed by atoms with E-state index in [0.29, 0.717) is 29.3 Å². The summed E-state index contributed by atoms with van der Waals surface area (Å²) in [6.45, 7) is 5.59. The number of nitrogens with one attached hydrogen (secondary N) is 2.